The molecule has 1 saturated heterocycles. The van der Waals surface area contributed by atoms with E-state index in [1.807, 2.05) is 0 Å². The monoisotopic (exact) mass is 391 g/mol. The molecule has 0 aromatic carbocycles. The van der Waals surface area contributed by atoms with Crippen LogP contribution in [0.15, 0.2) is 12.2 Å². The Morgan fingerprint density at radius 2 is 1.93 bits per heavy atom. The summed E-state index contributed by atoms with van der Waals surface area (Å²) in [5, 5.41) is 13.1. The van der Waals surface area contributed by atoms with Crippen LogP contribution >= 0.6 is 12.4 Å². The van der Waals surface area contributed by atoms with Crippen LogP contribution in [0.4, 0.5) is 0 Å². The molecule has 4 atom stereocenters. The number of fused-ring (bicyclic) bond motifs is 6. The molecule has 1 aromatic rings. The second-order valence-corrected chi connectivity index (χ2v) is 7.54. The van der Waals surface area contributed by atoms with E-state index >= 15 is 0 Å². The molecule has 2 bridgehead atoms. The number of aromatic nitrogens is 2. The van der Waals surface area contributed by atoms with Crippen LogP contribution in [0.2, 0.25) is 0 Å². The first kappa shape index (κ1) is 18.2. The minimum atomic E-state index is -0.271. The van der Waals surface area contributed by atoms with Crippen molar-refractivity contribution in [2.45, 2.75) is 19.4 Å². The fraction of sp³-hybridized carbons (Fsp3) is 0.556. The number of H-pyrrole nitrogens is 1. The highest BCUT2D eigenvalue weighted by molar-refractivity contribution is 6.06. The number of carbonyl (C=O) groups excluding carboxylic acids is 3. The van der Waals surface area contributed by atoms with Gasteiger partial charge in [-0.3, -0.25) is 24.4 Å². The highest BCUT2D eigenvalue weighted by Crippen LogP contribution is 2.52. The number of amides is 3. The molecule has 2 fully saturated rings. The fourth-order valence-electron chi connectivity index (χ4n) is 4.96. The third kappa shape index (κ3) is 2.70. The number of nitrogens with one attached hydrogen (secondary N) is 3. The number of hydrogen-bond acceptors (Lipinski definition) is 5. The Kier molecular flexibility index (Phi) is 4.55. The smallest absolute Gasteiger partial charge is 0.272 e. The summed E-state index contributed by atoms with van der Waals surface area (Å²) in [5.41, 5.74) is 2.29. The Labute approximate surface area is 162 Å². The lowest BCUT2D eigenvalue weighted by Crippen LogP contribution is -2.40. The van der Waals surface area contributed by atoms with Gasteiger partial charge in [-0.05, 0) is 18.3 Å². The average Bonchev–Trinajstić information content (AvgIpc) is 3.40. The predicted molar refractivity (Wildman–Crippen MR) is 98.0 cm³/mol. The second kappa shape index (κ2) is 6.76. The van der Waals surface area contributed by atoms with E-state index in [2.05, 4.69) is 33.0 Å². The van der Waals surface area contributed by atoms with E-state index in [9.17, 15) is 14.4 Å². The van der Waals surface area contributed by atoms with Gasteiger partial charge >= 0.3 is 0 Å². The number of allylic oxidation sites excluding steroid dienone is 2. The first-order chi connectivity index (χ1) is 12.6. The van der Waals surface area contributed by atoms with Gasteiger partial charge in [0.1, 0.15) is 0 Å². The van der Waals surface area contributed by atoms with Crippen LogP contribution in [-0.4, -0.2) is 52.5 Å². The highest BCUT2D eigenvalue weighted by Gasteiger charge is 2.58. The molecule has 8 nitrogen and oxygen atoms in total. The van der Waals surface area contributed by atoms with Crippen molar-refractivity contribution in [3.63, 3.8) is 0 Å². The summed E-state index contributed by atoms with van der Waals surface area (Å²) in [7, 11) is 0. The van der Waals surface area contributed by atoms with Gasteiger partial charge in [0, 0.05) is 43.9 Å². The summed E-state index contributed by atoms with van der Waals surface area (Å²) in [6, 6.07) is 0. The van der Waals surface area contributed by atoms with Crippen molar-refractivity contribution in [1.82, 2.24) is 25.7 Å². The van der Waals surface area contributed by atoms with Gasteiger partial charge in [-0.2, -0.15) is 5.10 Å². The number of imide groups is 1. The number of carbonyl (C=O) groups is 3. The van der Waals surface area contributed by atoms with E-state index in [0.717, 1.165) is 30.6 Å². The van der Waals surface area contributed by atoms with Crippen molar-refractivity contribution >= 4 is 30.1 Å². The van der Waals surface area contributed by atoms with Gasteiger partial charge in [0.2, 0.25) is 11.8 Å². The lowest BCUT2D eigenvalue weighted by Gasteiger charge is -2.17. The van der Waals surface area contributed by atoms with E-state index in [1.54, 1.807) is 0 Å². The van der Waals surface area contributed by atoms with Crippen LogP contribution in [0.3, 0.4) is 0 Å². The molecule has 1 aromatic heterocycles. The molecule has 5 rings (SSSR count). The van der Waals surface area contributed by atoms with Gasteiger partial charge in [0.25, 0.3) is 5.91 Å². The van der Waals surface area contributed by atoms with Crippen LogP contribution < -0.4 is 10.6 Å². The van der Waals surface area contributed by atoms with Gasteiger partial charge in [-0.25, -0.2) is 0 Å². The van der Waals surface area contributed by atoms with Crippen molar-refractivity contribution in [2.24, 2.45) is 23.7 Å². The van der Waals surface area contributed by atoms with Crippen LogP contribution in [0.5, 0.6) is 0 Å². The van der Waals surface area contributed by atoms with Crippen molar-refractivity contribution in [1.29, 1.82) is 0 Å². The summed E-state index contributed by atoms with van der Waals surface area (Å²) in [4.78, 5) is 39.0. The van der Waals surface area contributed by atoms with Crippen molar-refractivity contribution in [3.05, 3.63) is 29.1 Å². The zero-order chi connectivity index (χ0) is 17.8. The molecule has 4 aliphatic rings. The molecule has 27 heavy (non-hydrogen) atoms. The molecule has 4 unspecified atom stereocenters. The zero-order valence-electron chi connectivity index (χ0n) is 14.7. The van der Waals surface area contributed by atoms with E-state index in [-0.39, 0.29) is 66.9 Å². The maximum absolute atomic E-state index is 12.6. The molecule has 144 valence electrons. The third-order valence-corrected chi connectivity index (χ3v) is 6.20. The molecule has 9 heteroatoms. The Morgan fingerprint density at radius 1 is 1.22 bits per heavy atom. The van der Waals surface area contributed by atoms with Gasteiger partial charge < -0.3 is 10.6 Å². The van der Waals surface area contributed by atoms with Crippen LogP contribution in [0.25, 0.3) is 0 Å². The minimum absolute atomic E-state index is 0. The zero-order valence-corrected chi connectivity index (χ0v) is 15.6. The summed E-state index contributed by atoms with van der Waals surface area (Å²) in [6.45, 7) is 1.96. The van der Waals surface area contributed by atoms with E-state index < -0.39 is 0 Å². The first-order valence-corrected chi connectivity index (χ1v) is 9.23. The maximum atomic E-state index is 12.6. The molecule has 2 aliphatic heterocycles. The number of aromatic amines is 1. The highest BCUT2D eigenvalue weighted by atomic mass is 35.5. The summed E-state index contributed by atoms with van der Waals surface area (Å²) < 4.78 is 0. The molecular formula is C18H22ClN5O3. The molecule has 2 aliphatic carbocycles. The predicted octanol–water partition coefficient (Wildman–Crippen LogP) is 0.0141. The minimum Gasteiger partial charge on any atom is -0.349 e. The van der Waals surface area contributed by atoms with E-state index in [1.165, 1.54) is 4.90 Å². The number of halogens is 1. The van der Waals surface area contributed by atoms with Gasteiger partial charge in [-0.1, -0.05) is 12.2 Å². The van der Waals surface area contributed by atoms with Gasteiger partial charge in [0.15, 0.2) is 5.69 Å². The van der Waals surface area contributed by atoms with Crippen LogP contribution in [0.1, 0.15) is 28.2 Å². The number of likely N-dealkylation sites (tertiary alicyclic amines) is 1. The van der Waals surface area contributed by atoms with E-state index in [0.29, 0.717) is 12.2 Å². The lowest BCUT2D eigenvalue weighted by atomic mass is 9.85. The van der Waals surface area contributed by atoms with Gasteiger partial charge in [-0.15, -0.1) is 12.4 Å². The van der Waals surface area contributed by atoms with Crippen LogP contribution in [0, 0.1) is 23.7 Å². The standard InChI is InChI=1S/C18H21N5O3.ClH/c24-16(15-11-8-19-4-3-12(11)21-22-15)20-5-6-23-17(25)13-9-1-2-10(7-9)14(13)18(23)26;/h1-2,9-10,13-14,19H,3-8H2,(H,20,24)(H,21,22);1H. The quantitative estimate of drug-likeness (QED) is 0.495. The van der Waals surface area contributed by atoms with Crippen LogP contribution in [-0.2, 0) is 22.6 Å². The Bertz CT molecular complexity index is 805. The summed E-state index contributed by atoms with van der Waals surface area (Å²) in [5.74, 6) is -0.365. The molecule has 3 amide bonds. The molecule has 1 saturated carbocycles. The molecule has 3 heterocycles. The molecule has 3 N–H and O–H groups in total. The third-order valence-electron chi connectivity index (χ3n) is 6.20. The Morgan fingerprint density at radius 3 is 2.63 bits per heavy atom. The van der Waals surface area contributed by atoms with Crippen molar-refractivity contribution in [2.75, 3.05) is 19.6 Å². The molecule has 0 spiro atoms. The first-order valence-electron chi connectivity index (χ1n) is 9.23. The molecular weight excluding hydrogens is 370 g/mol. The van der Waals surface area contributed by atoms with Gasteiger partial charge in [0.05, 0.1) is 11.8 Å². The fourth-order valence-corrected chi connectivity index (χ4v) is 4.96. The molecule has 0 radical (unpaired) electrons. The summed E-state index contributed by atoms with van der Waals surface area (Å²) >= 11 is 0. The summed E-state index contributed by atoms with van der Waals surface area (Å²) in [6.07, 6.45) is 5.91. The normalized spacial score (nSPS) is 30.3. The Balaban J connectivity index is 0.00000180. The number of nitrogens with zero attached hydrogens (tertiary/aromatic N) is 2. The average molecular weight is 392 g/mol. The Hall–Kier alpha value is -2.19. The largest absolute Gasteiger partial charge is 0.349 e. The second-order valence-electron chi connectivity index (χ2n) is 7.54. The maximum Gasteiger partial charge on any atom is 0.272 e. The number of hydrogen-bond donors (Lipinski definition) is 3. The lowest BCUT2D eigenvalue weighted by molar-refractivity contribution is -0.140. The SMILES string of the molecule is Cl.O=C(NCCN1C(=O)C2C3C=CC(C3)C2C1=O)c1n[nH]c2c1CNCC2. The number of rotatable bonds is 4. The van der Waals surface area contributed by atoms with E-state index in [4.69, 9.17) is 0 Å². The van der Waals surface area contributed by atoms with Crippen molar-refractivity contribution in [3.8, 4) is 0 Å². The topological polar surface area (TPSA) is 107 Å². The van der Waals surface area contributed by atoms with Crippen molar-refractivity contribution < 1.29 is 14.4 Å².